The summed E-state index contributed by atoms with van der Waals surface area (Å²) in [6.07, 6.45) is 1.11. The number of rotatable bonds is 5. The van der Waals surface area contributed by atoms with Crippen LogP contribution in [-0.4, -0.2) is 18.0 Å². The Balaban J connectivity index is 0.000000234. The van der Waals surface area contributed by atoms with Crippen LogP contribution in [0.15, 0.2) is 146 Å². The van der Waals surface area contributed by atoms with Gasteiger partial charge in [-0.25, -0.2) is 4.39 Å². The van der Waals surface area contributed by atoms with Crippen LogP contribution in [0, 0.1) is 31.8 Å². The van der Waals surface area contributed by atoms with E-state index in [9.17, 15) is 0 Å². The van der Waals surface area contributed by atoms with E-state index in [-0.39, 0.29) is 25.7 Å². The van der Waals surface area contributed by atoms with Crippen molar-refractivity contribution in [1.29, 1.82) is 0 Å². The Morgan fingerprint density at radius 3 is 2.21 bits per heavy atom. The van der Waals surface area contributed by atoms with Gasteiger partial charge in [0, 0.05) is 40.1 Å². The summed E-state index contributed by atoms with van der Waals surface area (Å²) in [6, 6.07) is 50.7. The van der Waals surface area contributed by atoms with E-state index in [1.807, 2.05) is 60.7 Å². The van der Waals surface area contributed by atoms with Crippen molar-refractivity contribution in [1.82, 2.24) is 9.97 Å². The molecule has 0 aliphatic carbocycles. The molecule has 0 spiro atoms. The molecule has 3 aromatic heterocycles. The molecule has 0 atom stereocenters. The molecule has 7 aromatic carbocycles. The normalized spacial score (nSPS) is 12.3. The van der Waals surface area contributed by atoms with Crippen molar-refractivity contribution >= 4 is 77.1 Å². The molecule has 0 aliphatic heterocycles. The second-order valence-corrected chi connectivity index (χ2v) is 21.7. The fraction of sp³-hybridized carbons (Fsp3) is 0.115. The molecular weight excluding hydrogens is 924 g/mol. The first-order chi connectivity index (χ1) is 28.4. The van der Waals surface area contributed by atoms with E-state index in [0.717, 1.165) is 49.3 Å². The van der Waals surface area contributed by atoms with E-state index in [4.69, 9.17) is 2.74 Å². The Labute approximate surface area is 360 Å². The van der Waals surface area contributed by atoms with Crippen molar-refractivity contribution in [2.75, 3.05) is 0 Å². The van der Waals surface area contributed by atoms with Crippen LogP contribution in [0.4, 0.5) is 4.39 Å². The summed E-state index contributed by atoms with van der Waals surface area (Å²) in [6.45, 7) is 11.4. The average Bonchev–Trinajstić information content (AvgIpc) is 3.62. The maximum Gasteiger partial charge on any atom is 0.143 e. The molecule has 0 saturated heterocycles. The third-order valence-electron chi connectivity index (χ3n) is 10.6. The van der Waals surface area contributed by atoms with Gasteiger partial charge in [-0.2, -0.15) is 11.3 Å². The van der Waals surface area contributed by atoms with Gasteiger partial charge in [0.1, 0.15) is 5.82 Å². The van der Waals surface area contributed by atoms with Crippen LogP contribution >= 0.6 is 11.3 Å². The average molecular weight is 967 g/mol. The summed E-state index contributed by atoms with van der Waals surface area (Å²) in [5.41, 5.74) is 6.30. The summed E-state index contributed by atoms with van der Waals surface area (Å²) >= 11 is 1.68. The summed E-state index contributed by atoms with van der Waals surface area (Å²) in [4.78, 5) is 9.02. The van der Waals surface area contributed by atoms with Gasteiger partial charge >= 0.3 is 0 Å². The summed E-state index contributed by atoms with van der Waals surface area (Å²) in [5, 5.41) is 10.1. The van der Waals surface area contributed by atoms with E-state index >= 15 is 4.39 Å². The van der Waals surface area contributed by atoms with Crippen LogP contribution in [0.25, 0.3) is 75.0 Å². The third-order valence-corrected chi connectivity index (χ3v) is 14.0. The standard InChI is InChI=1S/C37H23FNS.C15H18NSi.Ir/c1-22-12-13-24-19-33-26(17-27(24)16-22)14-15-31-30-10-5-11-32(36(30)40-37(31)33)35-20-28(34(38)21-39-35)18-25-8-4-7-23-6-2-3-9-29(23)25;1-12-10-14(13-8-6-5-7-9-13)16-11-15(12)17(2,3)4;/h2-10,12-17,19-21H,18H2,1H3;5-8,10-11H,1-4H3;/q2*-1;/i18D2;;. The number of fused-ring (bicyclic) bond motifs is 7. The Hall–Kier alpha value is -5.36. The Morgan fingerprint density at radius 1 is 0.621 bits per heavy atom. The zero-order valence-electron chi connectivity index (χ0n) is 34.9. The molecule has 0 bridgehead atoms. The molecule has 0 fully saturated rings. The number of benzene rings is 7. The molecule has 0 N–H and O–H groups in total. The first kappa shape index (κ1) is 36.9. The number of aryl methyl sites for hydroxylation is 2. The molecule has 3 heterocycles. The van der Waals surface area contributed by atoms with Gasteiger partial charge < -0.3 is 9.97 Å². The monoisotopic (exact) mass is 967 g/mol. The maximum absolute atomic E-state index is 15.4. The van der Waals surface area contributed by atoms with Crippen molar-refractivity contribution in [3.8, 4) is 22.5 Å². The molecule has 0 amide bonds. The minimum atomic E-state index is -2.08. The minimum absolute atomic E-state index is 0. The molecule has 1 radical (unpaired) electrons. The van der Waals surface area contributed by atoms with Crippen LogP contribution in [0.1, 0.15) is 25.0 Å². The zero-order chi connectivity index (χ0) is 41.1. The minimum Gasteiger partial charge on any atom is -0.305 e. The van der Waals surface area contributed by atoms with E-state index in [2.05, 4.69) is 122 Å². The molecule has 10 rings (SSSR count). The third kappa shape index (κ3) is 7.66. The molecular formula is C52H41FIrN2SSi-2. The van der Waals surface area contributed by atoms with Gasteiger partial charge in [0.2, 0.25) is 0 Å². The van der Waals surface area contributed by atoms with Crippen LogP contribution in [0.5, 0.6) is 0 Å². The number of halogens is 1. The van der Waals surface area contributed by atoms with E-state index in [0.29, 0.717) is 11.3 Å². The van der Waals surface area contributed by atoms with Gasteiger partial charge in [-0.05, 0) is 96.1 Å². The Bertz CT molecular complexity index is 3230. The van der Waals surface area contributed by atoms with Crippen LogP contribution in [0.2, 0.25) is 19.6 Å². The number of nitrogens with zero attached hydrogens (tertiary/aromatic N) is 2. The Morgan fingerprint density at radius 2 is 1.40 bits per heavy atom. The zero-order valence-corrected chi connectivity index (χ0v) is 37.1. The van der Waals surface area contributed by atoms with Crippen molar-refractivity contribution in [3.05, 3.63) is 186 Å². The quantitative estimate of drug-likeness (QED) is 0.0976. The SMILES string of the molecule is Cc1cc(-c2[c-]cccc2)ncc1[Si](C)(C)C.[2H]C([2H])(c1cc(-c2[c-]ccc3c2sc2c4cc5ccc(C)cc5cc4ccc32)ncc1F)c1cccc2ccccc12.[Ir]. The molecule has 6 heteroatoms. The number of pyridine rings is 2. The number of hydrogen-bond donors (Lipinski definition) is 0. The maximum atomic E-state index is 15.4. The summed E-state index contributed by atoms with van der Waals surface area (Å²) < 4.78 is 35.7. The van der Waals surface area contributed by atoms with Gasteiger partial charge in [0.15, 0.2) is 0 Å². The van der Waals surface area contributed by atoms with Crippen LogP contribution in [0.3, 0.4) is 0 Å². The molecule has 0 saturated carbocycles. The molecule has 0 unspecified atom stereocenters. The smallest absolute Gasteiger partial charge is 0.143 e. The van der Waals surface area contributed by atoms with E-state index in [1.54, 1.807) is 23.5 Å². The van der Waals surface area contributed by atoms with Crippen molar-refractivity contribution in [2.45, 2.75) is 39.9 Å². The van der Waals surface area contributed by atoms with Crippen molar-refractivity contribution < 1.29 is 27.2 Å². The first-order valence-electron chi connectivity index (χ1n) is 20.2. The van der Waals surface area contributed by atoms with Crippen LogP contribution < -0.4 is 5.19 Å². The number of hydrogen-bond acceptors (Lipinski definition) is 3. The molecule has 0 aliphatic rings. The topological polar surface area (TPSA) is 25.8 Å². The van der Waals surface area contributed by atoms with Gasteiger partial charge in [0.05, 0.1) is 14.3 Å². The Kier molecular flexibility index (Phi) is 10.3. The van der Waals surface area contributed by atoms with Gasteiger partial charge in [-0.1, -0.05) is 121 Å². The predicted molar refractivity (Wildman–Crippen MR) is 244 cm³/mol. The van der Waals surface area contributed by atoms with Crippen molar-refractivity contribution in [2.24, 2.45) is 0 Å². The fourth-order valence-electron chi connectivity index (χ4n) is 7.77. The number of thiophene rings is 1. The second kappa shape index (κ2) is 16.1. The van der Waals surface area contributed by atoms with E-state index in [1.165, 1.54) is 42.6 Å². The molecule has 58 heavy (non-hydrogen) atoms. The molecule has 2 nitrogen and oxygen atoms in total. The summed E-state index contributed by atoms with van der Waals surface area (Å²) in [5.74, 6) is -0.673. The largest absolute Gasteiger partial charge is 0.305 e. The van der Waals surface area contributed by atoms with Crippen molar-refractivity contribution in [3.63, 3.8) is 0 Å². The summed E-state index contributed by atoms with van der Waals surface area (Å²) in [7, 11) is -1.27. The van der Waals surface area contributed by atoms with E-state index < -0.39 is 20.3 Å². The number of aromatic nitrogens is 2. The second-order valence-electron chi connectivity index (χ2n) is 15.7. The fourth-order valence-corrected chi connectivity index (χ4v) is 10.8. The van der Waals surface area contributed by atoms with Gasteiger partial charge in [0.25, 0.3) is 0 Å². The molecule has 10 aromatic rings. The van der Waals surface area contributed by atoms with Crippen LogP contribution in [-0.2, 0) is 26.5 Å². The van der Waals surface area contributed by atoms with Gasteiger partial charge in [-0.15, -0.1) is 59.7 Å². The van der Waals surface area contributed by atoms with Gasteiger partial charge in [-0.3, -0.25) is 0 Å². The predicted octanol–water partition coefficient (Wildman–Crippen LogP) is 13.8. The molecule has 287 valence electrons. The first-order valence-corrected chi connectivity index (χ1v) is 23.5.